The van der Waals surface area contributed by atoms with Gasteiger partial charge in [0.15, 0.2) is 5.82 Å². The molecule has 1 aromatic heterocycles. The molecule has 5 rings (SSSR count). The molecular weight excluding hydrogens is 600 g/mol. The summed E-state index contributed by atoms with van der Waals surface area (Å²) in [6.07, 6.45) is 7.01. The Morgan fingerprint density at radius 3 is 2.39 bits per heavy atom. The lowest BCUT2D eigenvalue weighted by Gasteiger charge is -2.30. The van der Waals surface area contributed by atoms with Gasteiger partial charge >= 0.3 is 0 Å². The quantitative estimate of drug-likeness (QED) is 0.0900. The van der Waals surface area contributed by atoms with Crippen LogP contribution >= 0.6 is 23.8 Å². The molecule has 1 atom stereocenters. The zero-order valence-electron chi connectivity index (χ0n) is 23.7. The van der Waals surface area contributed by atoms with Crippen molar-refractivity contribution in [3.05, 3.63) is 122 Å². The van der Waals surface area contributed by atoms with Crippen LogP contribution in [0.2, 0.25) is 5.02 Å². The molecule has 44 heavy (non-hydrogen) atoms. The van der Waals surface area contributed by atoms with Gasteiger partial charge in [-0.25, -0.2) is 0 Å². The highest BCUT2D eigenvalue weighted by molar-refractivity contribution is 7.79. The standard InChI is InChI=1S/C31H31ClN8O3S/c32-26-14-10-24(11-15-26)28(20-44)33-29(19-40(42)43)39(27-16-12-23(13-17-27)22-4-2-1-3-5-22)18-21-6-8-25(9-7-21)30(41)34-31-35-37-38-36-31/h6-17,19-20,22,28,33H,1-5,18H2,(H2,34,35,36,37,38,41)/b29-19-. The number of aromatic amines is 1. The second-order valence-corrected chi connectivity index (χ2v) is 11.2. The molecule has 3 N–H and O–H groups in total. The van der Waals surface area contributed by atoms with Gasteiger partial charge in [-0.05, 0) is 77.1 Å². The summed E-state index contributed by atoms with van der Waals surface area (Å²) >= 11 is 11.4. The number of nitrogens with zero attached hydrogens (tertiary/aromatic N) is 5. The monoisotopic (exact) mass is 630 g/mol. The first-order valence-corrected chi connectivity index (χ1v) is 15.1. The zero-order chi connectivity index (χ0) is 30.9. The molecule has 0 bridgehead atoms. The minimum absolute atomic E-state index is 0.0661. The summed E-state index contributed by atoms with van der Waals surface area (Å²) in [5.74, 6) is 0.445. The van der Waals surface area contributed by atoms with E-state index in [-0.39, 0.29) is 18.3 Å². The molecule has 1 heterocycles. The number of nitro groups is 1. The maximum absolute atomic E-state index is 12.6. The minimum atomic E-state index is -0.506. The molecule has 1 fully saturated rings. The topological polar surface area (TPSA) is 142 Å². The van der Waals surface area contributed by atoms with Crippen LogP contribution in [0.25, 0.3) is 0 Å². The van der Waals surface area contributed by atoms with Crippen LogP contribution in [0.3, 0.4) is 0 Å². The summed E-state index contributed by atoms with van der Waals surface area (Å²) in [6.45, 7) is 0.271. The van der Waals surface area contributed by atoms with Crippen LogP contribution in [-0.2, 0) is 6.54 Å². The summed E-state index contributed by atoms with van der Waals surface area (Å²) in [4.78, 5) is 25.9. The number of nitrogens with one attached hydrogen (secondary N) is 3. The van der Waals surface area contributed by atoms with Gasteiger partial charge in [-0.15, -0.1) is 5.10 Å². The van der Waals surface area contributed by atoms with Gasteiger partial charge in [-0.3, -0.25) is 20.2 Å². The van der Waals surface area contributed by atoms with Gasteiger partial charge in [0.2, 0.25) is 0 Å². The van der Waals surface area contributed by atoms with Crippen LogP contribution in [0.4, 0.5) is 11.6 Å². The maximum atomic E-state index is 12.6. The van der Waals surface area contributed by atoms with Gasteiger partial charge in [0.05, 0.1) is 11.0 Å². The molecule has 226 valence electrons. The Morgan fingerprint density at radius 2 is 1.77 bits per heavy atom. The largest absolute Gasteiger partial charge is 0.355 e. The summed E-state index contributed by atoms with van der Waals surface area (Å²) in [5.41, 5.74) is 4.06. The van der Waals surface area contributed by atoms with E-state index in [1.165, 1.54) is 43.0 Å². The number of hydrogen-bond donors (Lipinski definition) is 3. The van der Waals surface area contributed by atoms with Gasteiger partial charge in [0, 0.05) is 28.2 Å². The Morgan fingerprint density at radius 1 is 1.07 bits per heavy atom. The molecule has 3 aromatic carbocycles. The van der Waals surface area contributed by atoms with Crippen molar-refractivity contribution in [3.63, 3.8) is 0 Å². The summed E-state index contributed by atoms with van der Waals surface area (Å²) in [7, 11) is 0. The molecule has 13 heteroatoms. The smallest absolute Gasteiger partial charge is 0.274 e. The van der Waals surface area contributed by atoms with Crippen LogP contribution in [0.5, 0.6) is 0 Å². The molecule has 0 saturated heterocycles. The van der Waals surface area contributed by atoms with E-state index in [0.29, 0.717) is 16.5 Å². The number of halogens is 1. The van der Waals surface area contributed by atoms with Crippen molar-refractivity contribution >= 4 is 46.7 Å². The molecule has 0 aliphatic heterocycles. The van der Waals surface area contributed by atoms with Crippen molar-refractivity contribution in [2.24, 2.45) is 0 Å². The number of carbonyl (C=O) groups excluding carboxylic acids is 1. The lowest BCUT2D eigenvalue weighted by atomic mass is 9.84. The van der Waals surface area contributed by atoms with Crippen molar-refractivity contribution < 1.29 is 9.72 Å². The maximum Gasteiger partial charge on any atom is 0.274 e. The molecule has 1 aliphatic rings. The van der Waals surface area contributed by atoms with Gasteiger partial charge in [-0.2, -0.15) is 5.21 Å². The van der Waals surface area contributed by atoms with Crippen LogP contribution in [0, 0.1) is 10.1 Å². The van der Waals surface area contributed by atoms with E-state index in [4.69, 9.17) is 23.8 Å². The highest BCUT2D eigenvalue weighted by Gasteiger charge is 2.22. The van der Waals surface area contributed by atoms with Crippen LogP contribution in [0.15, 0.2) is 84.8 Å². The molecular formula is C31H31ClN8O3S. The fourth-order valence-corrected chi connectivity index (χ4v) is 5.67. The van der Waals surface area contributed by atoms with E-state index in [0.717, 1.165) is 23.0 Å². The molecule has 1 aliphatic carbocycles. The van der Waals surface area contributed by atoms with Gasteiger partial charge in [0.1, 0.15) is 0 Å². The normalized spacial score (nSPS) is 14.4. The molecule has 0 radical (unpaired) electrons. The average molecular weight is 631 g/mol. The summed E-state index contributed by atoms with van der Waals surface area (Å²) in [5, 5.41) is 33.0. The molecule has 1 saturated carbocycles. The number of amides is 1. The number of anilines is 2. The fraction of sp³-hybridized carbons (Fsp3) is 0.258. The summed E-state index contributed by atoms with van der Waals surface area (Å²) < 4.78 is 0. The minimum Gasteiger partial charge on any atom is -0.355 e. The van der Waals surface area contributed by atoms with E-state index >= 15 is 0 Å². The highest BCUT2D eigenvalue weighted by atomic mass is 35.5. The lowest BCUT2D eigenvalue weighted by Crippen LogP contribution is -2.35. The SMILES string of the molecule is O=C(Nc1nn[nH]n1)c1ccc(CN(/C(=C\[N+](=O)[O-])NC(C=S)c2ccc(Cl)cc2)c2ccc(C3CCCCC3)cc2)cc1. The highest BCUT2D eigenvalue weighted by Crippen LogP contribution is 2.34. The number of aromatic nitrogens is 4. The van der Waals surface area contributed by atoms with Gasteiger partial charge in [0.25, 0.3) is 18.1 Å². The first-order chi connectivity index (χ1) is 21.4. The first-order valence-electron chi connectivity index (χ1n) is 14.2. The van der Waals surface area contributed by atoms with Crippen molar-refractivity contribution in [2.75, 3.05) is 10.2 Å². The Balaban J connectivity index is 1.45. The molecule has 11 nitrogen and oxygen atoms in total. The van der Waals surface area contributed by atoms with E-state index in [1.54, 1.807) is 36.4 Å². The predicted molar refractivity (Wildman–Crippen MR) is 173 cm³/mol. The molecule has 1 unspecified atom stereocenters. The molecule has 0 spiro atoms. The average Bonchev–Trinajstić information content (AvgIpc) is 3.56. The summed E-state index contributed by atoms with van der Waals surface area (Å²) in [6, 6.07) is 21.8. The Hall–Kier alpha value is -4.68. The van der Waals surface area contributed by atoms with Crippen molar-refractivity contribution in [2.45, 2.75) is 50.6 Å². The number of hydrogen-bond acceptors (Lipinski definition) is 9. The zero-order valence-corrected chi connectivity index (χ0v) is 25.3. The number of rotatable bonds is 12. The van der Waals surface area contributed by atoms with Gasteiger partial charge in [-0.1, -0.05) is 84.6 Å². The van der Waals surface area contributed by atoms with Crippen LogP contribution in [-0.4, -0.2) is 36.8 Å². The Labute approximate surface area is 264 Å². The van der Waals surface area contributed by atoms with E-state index < -0.39 is 16.9 Å². The number of carbonyl (C=O) groups is 1. The second kappa shape index (κ2) is 14.7. The fourth-order valence-electron chi connectivity index (χ4n) is 5.32. The second-order valence-electron chi connectivity index (χ2n) is 10.5. The third kappa shape index (κ3) is 8.03. The lowest BCUT2D eigenvalue weighted by molar-refractivity contribution is -0.403. The van der Waals surface area contributed by atoms with Crippen molar-refractivity contribution in [1.29, 1.82) is 0 Å². The number of H-pyrrole nitrogens is 1. The van der Waals surface area contributed by atoms with Crippen molar-refractivity contribution in [3.8, 4) is 0 Å². The van der Waals surface area contributed by atoms with Crippen molar-refractivity contribution in [1.82, 2.24) is 25.9 Å². The van der Waals surface area contributed by atoms with E-state index in [2.05, 4.69) is 43.4 Å². The Bertz CT molecular complexity index is 1590. The number of tetrazole rings is 1. The molecule has 1 amide bonds. The first kappa shape index (κ1) is 30.8. The predicted octanol–water partition coefficient (Wildman–Crippen LogP) is 6.57. The van der Waals surface area contributed by atoms with Gasteiger partial charge < -0.3 is 10.2 Å². The Kier molecular flexibility index (Phi) is 10.3. The van der Waals surface area contributed by atoms with Crippen LogP contribution < -0.4 is 15.5 Å². The third-order valence-corrected chi connectivity index (χ3v) is 8.12. The number of thiocarbonyl (C=S) groups is 1. The van der Waals surface area contributed by atoms with E-state index in [1.807, 2.05) is 29.2 Å². The molecule has 4 aromatic rings. The van der Waals surface area contributed by atoms with E-state index in [9.17, 15) is 14.9 Å². The van der Waals surface area contributed by atoms with Crippen LogP contribution in [0.1, 0.15) is 71.1 Å². The number of benzene rings is 3. The third-order valence-electron chi connectivity index (χ3n) is 7.60.